The van der Waals surface area contributed by atoms with Gasteiger partial charge in [0, 0.05) is 34.4 Å². The first kappa shape index (κ1) is 17.1. The third-order valence-corrected chi connectivity index (χ3v) is 6.19. The second kappa shape index (κ2) is 6.64. The van der Waals surface area contributed by atoms with Crippen LogP contribution in [-0.2, 0) is 0 Å². The first-order valence-corrected chi connectivity index (χ1v) is 10.4. The third-order valence-electron chi connectivity index (χ3n) is 5.19. The molecule has 142 valence electrons. The van der Waals surface area contributed by atoms with Gasteiger partial charge in [-0.05, 0) is 36.6 Å². The Labute approximate surface area is 176 Å². The van der Waals surface area contributed by atoms with Gasteiger partial charge < -0.3 is 0 Å². The molecule has 0 fully saturated rings. The van der Waals surface area contributed by atoms with Crippen molar-refractivity contribution in [3.05, 3.63) is 78.8 Å². The van der Waals surface area contributed by atoms with E-state index in [1.54, 1.807) is 12.4 Å². The fourth-order valence-electron chi connectivity index (χ4n) is 3.71. The van der Waals surface area contributed by atoms with Crippen molar-refractivity contribution in [2.24, 2.45) is 0 Å². The molecule has 4 aromatic heterocycles. The summed E-state index contributed by atoms with van der Waals surface area (Å²) in [6.45, 7) is 2.03. The molecule has 0 aliphatic rings. The SMILES string of the molecule is Cc1nc(-c2ccnc(-c3nc4cccnc4s3)c2)nc2c1ccc1ccccc12. The molecule has 0 unspecified atom stereocenters. The van der Waals surface area contributed by atoms with Crippen molar-refractivity contribution in [2.75, 3.05) is 0 Å². The van der Waals surface area contributed by atoms with Crippen molar-refractivity contribution in [1.29, 1.82) is 0 Å². The van der Waals surface area contributed by atoms with E-state index in [1.165, 1.54) is 16.7 Å². The highest BCUT2D eigenvalue weighted by atomic mass is 32.1. The van der Waals surface area contributed by atoms with Gasteiger partial charge in [0.2, 0.25) is 0 Å². The minimum atomic E-state index is 0.694. The monoisotopic (exact) mass is 405 g/mol. The van der Waals surface area contributed by atoms with Crippen molar-refractivity contribution in [1.82, 2.24) is 24.9 Å². The molecule has 0 bridgehead atoms. The van der Waals surface area contributed by atoms with E-state index in [0.29, 0.717) is 5.82 Å². The number of pyridine rings is 2. The fourth-order valence-corrected chi connectivity index (χ4v) is 4.59. The second-order valence-corrected chi connectivity index (χ2v) is 8.07. The summed E-state index contributed by atoms with van der Waals surface area (Å²) in [7, 11) is 0. The van der Waals surface area contributed by atoms with Crippen LogP contribution in [-0.4, -0.2) is 24.9 Å². The Morgan fingerprint density at radius 1 is 0.767 bits per heavy atom. The smallest absolute Gasteiger partial charge is 0.160 e. The molecule has 0 aliphatic carbocycles. The summed E-state index contributed by atoms with van der Waals surface area (Å²) in [6.07, 6.45) is 3.57. The molecule has 6 aromatic rings. The van der Waals surface area contributed by atoms with Crippen molar-refractivity contribution in [2.45, 2.75) is 6.92 Å². The van der Waals surface area contributed by atoms with E-state index in [0.717, 1.165) is 48.6 Å². The van der Waals surface area contributed by atoms with Crippen LogP contribution in [0.2, 0.25) is 0 Å². The van der Waals surface area contributed by atoms with Gasteiger partial charge in [0.15, 0.2) is 5.82 Å². The summed E-state index contributed by atoms with van der Waals surface area (Å²) in [4.78, 5) is 24.2. The lowest BCUT2D eigenvalue weighted by Crippen LogP contribution is -1.96. The highest BCUT2D eigenvalue weighted by Crippen LogP contribution is 2.31. The van der Waals surface area contributed by atoms with Crippen LogP contribution < -0.4 is 0 Å². The molecule has 0 atom stereocenters. The molecule has 2 aromatic carbocycles. The second-order valence-electron chi connectivity index (χ2n) is 7.09. The first-order chi connectivity index (χ1) is 14.8. The van der Waals surface area contributed by atoms with Gasteiger partial charge >= 0.3 is 0 Å². The van der Waals surface area contributed by atoms with Crippen LogP contribution in [0.25, 0.3) is 54.1 Å². The van der Waals surface area contributed by atoms with Gasteiger partial charge in [0.25, 0.3) is 0 Å². The predicted octanol–water partition coefficient (Wildman–Crippen LogP) is 5.83. The van der Waals surface area contributed by atoms with Gasteiger partial charge in [-0.2, -0.15) is 0 Å². The Kier molecular flexibility index (Phi) is 3.79. The van der Waals surface area contributed by atoms with Gasteiger partial charge in [-0.1, -0.05) is 47.7 Å². The van der Waals surface area contributed by atoms with Gasteiger partial charge in [-0.15, -0.1) is 0 Å². The lowest BCUT2D eigenvalue weighted by Gasteiger charge is -2.09. The van der Waals surface area contributed by atoms with E-state index in [-0.39, 0.29) is 0 Å². The van der Waals surface area contributed by atoms with Crippen LogP contribution in [0.5, 0.6) is 0 Å². The van der Waals surface area contributed by atoms with E-state index in [1.807, 2.05) is 43.3 Å². The van der Waals surface area contributed by atoms with E-state index in [2.05, 4.69) is 39.2 Å². The summed E-state index contributed by atoms with van der Waals surface area (Å²) < 4.78 is 0. The number of nitrogens with zero attached hydrogens (tertiary/aromatic N) is 5. The van der Waals surface area contributed by atoms with Crippen LogP contribution in [0.1, 0.15) is 5.69 Å². The molecular weight excluding hydrogens is 390 g/mol. The van der Waals surface area contributed by atoms with Gasteiger partial charge in [-0.3, -0.25) is 4.98 Å². The van der Waals surface area contributed by atoms with Gasteiger partial charge in [0.05, 0.1) is 11.2 Å². The van der Waals surface area contributed by atoms with Crippen LogP contribution in [0.15, 0.2) is 73.1 Å². The Morgan fingerprint density at radius 3 is 2.63 bits per heavy atom. The maximum absolute atomic E-state index is 4.94. The first-order valence-electron chi connectivity index (χ1n) is 9.61. The molecule has 4 heterocycles. The summed E-state index contributed by atoms with van der Waals surface area (Å²) in [5, 5.41) is 4.22. The quantitative estimate of drug-likeness (QED) is 0.339. The van der Waals surface area contributed by atoms with E-state index in [9.17, 15) is 0 Å². The molecule has 0 saturated carbocycles. The van der Waals surface area contributed by atoms with Crippen LogP contribution in [0.3, 0.4) is 0 Å². The normalized spacial score (nSPS) is 11.5. The van der Waals surface area contributed by atoms with Crippen LogP contribution in [0, 0.1) is 6.92 Å². The topological polar surface area (TPSA) is 64.5 Å². The Bertz CT molecular complexity index is 1540. The fraction of sp³-hybridized carbons (Fsp3) is 0.0417. The number of hydrogen-bond donors (Lipinski definition) is 0. The molecule has 30 heavy (non-hydrogen) atoms. The predicted molar refractivity (Wildman–Crippen MR) is 121 cm³/mol. The molecular formula is C24H15N5S. The molecule has 0 radical (unpaired) electrons. The molecule has 0 aliphatic heterocycles. The number of benzene rings is 2. The molecule has 0 spiro atoms. The van der Waals surface area contributed by atoms with Crippen LogP contribution >= 0.6 is 11.3 Å². The summed E-state index contributed by atoms with van der Waals surface area (Å²) >= 11 is 1.54. The number of rotatable bonds is 2. The average Bonchev–Trinajstić information content (AvgIpc) is 3.23. The summed E-state index contributed by atoms with van der Waals surface area (Å²) in [6, 6.07) is 20.3. The largest absolute Gasteiger partial charge is 0.254 e. The zero-order valence-electron chi connectivity index (χ0n) is 16.1. The van der Waals surface area contributed by atoms with E-state index < -0.39 is 0 Å². The highest BCUT2D eigenvalue weighted by molar-refractivity contribution is 7.21. The molecule has 0 saturated heterocycles. The van der Waals surface area contributed by atoms with Crippen molar-refractivity contribution >= 4 is 43.4 Å². The van der Waals surface area contributed by atoms with Crippen LogP contribution in [0.4, 0.5) is 0 Å². The number of aryl methyl sites for hydroxylation is 1. The summed E-state index contributed by atoms with van der Waals surface area (Å²) in [5.41, 5.74) is 4.54. The number of hydrogen-bond acceptors (Lipinski definition) is 6. The number of aromatic nitrogens is 5. The van der Waals surface area contributed by atoms with Crippen molar-refractivity contribution in [3.63, 3.8) is 0 Å². The van der Waals surface area contributed by atoms with E-state index >= 15 is 0 Å². The number of fused-ring (bicyclic) bond motifs is 4. The zero-order chi connectivity index (χ0) is 20.1. The Balaban J connectivity index is 1.53. The van der Waals surface area contributed by atoms with Crippen molar-refractivity contribution in [3.8, 4) is 22.1 Å². The molecule has 6 heteroatoms. The molecule has 5 nitrogen and oxygen atoms in total. The summed E-state index contributed by atoms with van der Waals surface area (Å²) in [5.74, 6) is 0.694. The highest BCUT2D eigenvalue weighted by Gasteiger charge is 2.13. The van der Waals surface area contributed by atoms with Crippen molar-refractivity contribution < 1.29 is 0 Å². The lowest BCUT2D eigenvalue weighted by molar-refractivity contribution is 1.16. The Morgan fingerprint density at radius 2 is 1.70 bits per heavy atom. The lowest BCUT2D eigenvalue weighted by atomic mass is 10.0. The minimum absolute atomic E-state index is 0.694. The Hall–Kier alpha value is -3.77. The number of thiazole rings is 1. The standard InChI is InChI=1S/C24H15N5S/c1-14-17-9-8-15-5-2-3-6-18(15)21(17)29-22(27-14)16-10-12-25-20(13-16)24-28-19-7-4-11-26-23(19)30-24/h2-13H,1H3. The molecule has 0 N–H and O–H groups in total. The van der Waals surface area contributed by atoms with Gasteiger partial charge in [-0.25, -0.2) is 19.9 Å². The van der Waals surface area contributed by atoms with E-state index in [4.69, 9.17) is 9.97 Å². The third kappa shape index (κ3) is 2.73. The van der Waals surface area contributed by atoms with Gasteiger partial charge in [0.1, 0.15) is 15.4 Å². The zero-order valence-corrected chi connectivity index (χ0v) is 16.9. The molecule has 0 amide bonds. The molecule has 6 rings (SSSR count). The minimum Gasteiger partial charge on any atom is -0.254 e. The average molecular weight is 405 g/mol. The maximum Gasteiger partial charge on any atom is 0.160 e. The maximum atomic E-state index is 4.94.